The van der Waals surface area contributed by atoms with Gasteiger partial charge in [-0.15, -0.1) is 10.2 Å². The summed E-state index contributed by atoms with van der Waals surface area (Å²) in [7, 11) is 3.44. The summed E-state index contributed by atoms with van der Waals surface area (Å²) in [5.74, 6) is 1.25. The van der Waals surface area contributed by atoms with Gasteiger partial charge in [-0.25, -0.2) is 0 Å². The summed E-state index contributed by atoms with van der Waals surface area (Å²) in [5, 5.41) is 23.7. The first-order valence-electron chi connectivity index (χ1n) is 11.1. The number of likely N-dealkylation sites (N-methyl/N-ethyl adjacent to an activating group) is 1. The minimum absolute atomic E-state index is 0.0376. The van der Waals surface area contributed by atoms with Crippen LogP contribution in [0.4, 0.5) is 0 Å². The Labute approximate surface area is 207 Å². The molecule has 0 unspecified atom stereocenters. The summed E-state index contributed by atoms with van der Waals surface area (Å²) in [4.78, 5) is 18.6. The second kappa shape index (κ2) is 9.09. The monoisotopic (exact) mass is 489 g/mol. The van der Waals surface area contributed by atoms with Gasteiger partial charge >= 0.3 is 0 Å². The van der Waals surface area contributed by atoms with Crippen molar-refractivity contribution in [2.45, 2.75) is 19.5 Å². The molecule has 1 atom stereocenters. The lowest BCUT2D eigenvalue weighted by Crippen LogP contribution is -2.26. The summed E-state index contributed by atoms with van der Waals surface area (Å²) in [5.41, 5.74) is 5.11. The minimum atomic E-state index is -0.572. The Kier molecular flexibility index (Phi) is 5.96. The highest BCUT2D eigenvalue weighted by Gasteiger charge is 2.28. The molecule has 1 amide bonds. The van der Waals surface area contributed by atoms with Crippen molar-refractivity contribution in [1.82, 2.24) is 29.4 Å². The van der Waals surface area contributed by atoms with E-state index in [0.29, 0.717) is 16.7 Å². The van der Waals surface area contributed by atoms with E-state index in [4.69, 9.17) is 16.6 Å². The number of hydrogen-bond donors (Lipinski definition) is 1. The van der Waals surface area contributed by atoms with Crippen LogP contribution in [0.3, 0.4) is 0 Å². The molecule has 0 radical (unpaired) electrons. The fourth-order valence-electron chi connectivity index (χ4n) is 4.11. The Morgan fingerprint density at radius 3 is 2.54 bits per heavy atom. The average Bonchev–Trinajstić information content (AvgIpc) is 3.43. The molecule has 4 aromatic rings. The highest BCUT2D eigenvalue weighted by atomic mass is 35.5. The third-order valence-corrected chi connectivity index (χ3v) is 6.23. The number of amides is 1. The van der Waals surface area contributed by atoms with E-state index in [0.717, 1.165) is 33.7 Å². The zero-order valence-electron chi connectivity index (χ0n) is 19.6. The number of aryl methyl sites for hydroxylation is 1. The van der Waals surface area contributed by atoms with Crippen LogP contribution in [0.2, 0.25) is 5.02 Å². The van der Waals surface area contributed by atoms with Gasteiger partial charge in [-0.2, -0.15) is 5.10 Å². The van der Waals surface area contributed by atoms with Gasteiger partial charge in [-0.05, 0) is 36.8 Å². The number of carbonyl (C=O) groups excluding carboxylic acids is 1. The lowest BCUT2D eigenvalue weighted by Gasteiger charge is -2.14. The molecule has 10 heteroatoms. The van der Waals surface area contributed by atoms with Crippen molar-refractivity contribution in [2.75, 3.05) is 20.7 Å². The first-order chi connectivity index (χ1) is 16.9. The molecule has 1 aliphatic rings. The van der Waals surface area contributed by atoms with Crippen molar-refractivity contribution in [3.63, 3.8) is 0 Å². The SMILES string of the molecule is Cc1nnc2n1-c1ccc(-c3cnn(CC(=O)N(C)C)c3)cc1C(c1ccc(Cl)cc1)=N[C@H]2CO. The summed E-state index contributed by atoms with van der Waals surface area (Å²) in [6, 6.07) is 12.9. The quantitative estimate of drug-likeness (QED) is 0.464. The second-order valence-corrected chi connectivity index (χ2v) is 9.01. The first kappa shape index (κ1) is 22.9. The maximum atomic E-state index is 12.1. The van der Waals surface area contributed by atoms with Gasteiger partial charge in [0.05, 0.1) is 24.2 Å². The van der Waals surface area contributed by atoms with Crippen LogP contribution in [-0.4, -0.2) is 66.9 Å². The number of aliphatic hydroxyl groups excluding tert-OH is 1. The Morgan fingerprint density at radius 1 is 1.09 bits per heavy atom. The number of fused-ring (bicyclic) bond motifs is 3. The van der Waals surface area contributed by atoms with Gasteiger partial charge in [0.25, 0.3) is 0 Å². The molecule has 0 fully saturated rings. The molecular weight excluding hydrogens is 466 g/mol. The van der Waals surface area contributed by atoms with E-state index in [1.54, 1.807) is 25.0 Å². The molecule has 0 saturated carbocycles. The number of aliphatic hydroxyl groups is 1. The molecule has 9 nitrogen and oxygen atoms in total. The maximum Gasteiger partial charge on any atom is 0.243 e. The largest absolute Gasteiger partial charge is 0.394 e. The Morgan fingerprint density at radius 2 is 1.83 bits per heavy atom. The van der Waals surface area contributed by atoms with Crippen molar-refractivity contribution >= 4 is 23.2 Å². The van der Waals surface area contributed by atoms with Crippen LogP contribution < -0.4 is 0 Å². The van der Waals surface area contributed by atoms with Crippen molar-refractivity contribution in [3.05, 3.63) is 82.7 Å². The topological polar surface area (TPSA) is 101 Å². The van der Waals surface area contributed by atoms with Crippen molar-refractivity contribution in [1.29, 1.82) is 0 Å². The molecule has 2 aromatic carbocycles. The fraction of sp³-hybridized carbons (Fsp3) is 0.240. The molecule has 0 bridgehead atoms. The summed E-state index contributed by atoms with van der Waals surface area (Å²) >= 11 is 6.14. The van der Waals surface area contributed by atoms with Gasteiger partial charge in [-0.3, -0.25) is 19.0 Å². The predicted octanol–water partition coefficient (Wildman–Crippen LogP) is 3.07. The molecule has 5 rings (SSSR count). The Balaban J connectivity index is 1.66. The summed E-state index contributed by atoms with van der Waals surface area (Å²) < 4.78 is 3.56. The van der Waals surface area contributed by atoms with E-state index in [2.05, 4.69) is 15.3 Å². The highest BCUT2D eigenvalue weighted by Crippen LogP contribution is 2.33. The van der Waals surface area contributed by atoms with E-state index < -0.39 is 6.04 Å². The third kappa shape index (κ3) is 4.24. The molecule has 0 spiro atoms. The molecule has 3 heterocycles. The lowest BCUT2D eigenvalue weighted by molar-refractivity contribution is -0.129. The molecule has 1 N–H and O–H groups in total. The molecule has 0 saturated heterocycles. The maximum absolute atomic E-state index is 12.1. The van der Waals surface area contributed by atoms with Crippen LogP contribution in [0.15, 0.2) is 59.9 Å². The number of hydrogen-bond acceptors (Lipinski definition) is 6. The Hall–Kier alpha value is -3.82. The van der Waals surface area contributed by atoms with Crippen molar-refractivity contribution in [2.24, 2.45) is 4.99 Å². The number of aliphatic imine (C=N–C) groups is 1. The van der Waals surface area contributed by atoms with Gasteiger partial charge in [0.2, 0.25) is 5.91 Å². The van der Waals surface area contributed by atoms with E-state index in [1.165, 1.54) is 4.90 Å². The van der Waals surface area contributed by atoms with E-state index in [-0.39, 0.29) is 19.1 Å². The minimum Gasteiger partial charge on any atom is -0.394 e. The van der Waals surface area contributed by atoms with E-state index in [9.17, 15) is 9.90 Å². The van der Waals surface area contributed by atoms with E-state index in [1.807, 2.05) is 60.2 Å². The molecule has 0 aliphatic carbocycles. The number of benzene rings is 2. The van der Waals surface area contributed by atoms with Gasteiger partial charge in [0.1, 0.15) is 18.4 Å². The summed E-state index contributed by atoms with van der Waals surface area (Å²) in [6.07, 6.45) is 3.59. The zero-order chi connectivity index (χ0) is 24.7. The van der Waals surface area contributed by atoms with Gasteiger partial charge in [0, 0.05) is 42.0 Å². The lowest BCUT2D eigenvalue weighted by atomic mass is 9.96. The highest BCUT2D eigenvalue weighted by molar-refractivity contribution is 6.30. The third-order valence-electron chi connectivity index (χ3n) is 5.98. The standard InChI is InChI=1S/C25H24ClN7O2/c1-15-29-30-25-21(14-34)28-24(16-4-7-19(26)8-5-16)20-10-17(6-9-22(20)33(15)25)18-11-27-32(12-18)13-23(35)31(2)3/h4-12,21,34H,13-14H2,1-3H3/t21-/m0/s1. The predicted molar refractivity (Wildman–Crippen MR) is 133 cm³/mol. The second-order valence-electron chi connectivity index (χ2n) is 8.57. The van der Waals surface area contributed by atoms with Crippen LogP contribution in [0.25, 0.3) is 16.8 Å². The molecular formula is C25H24ClN7O2. The van der Waals surface area contributed by atoms with Crippen LogP contribution in [0.1, 0.15) is 28.8 Å². The first-order valence-corrected chi connectivity index (χ1v) is 11.5. The van der Waals surface area contributed by atoms with E-state index >= 15 is 0 Å². The molecule has 1 aliphatic heterocycles. The van der Waals surface area contributed by atoms with Crippen LogP contribution in [-0.2, 0) is 11.3 Å². The zero-order valence-corrected chi connectivity index (χ0v) is 20.3. The number of halogens is 1. The molecule has 178 valence electrons. The van der Waals surface area contributed by atoms with Crippen LogP contribution in [0, 0.1) is 6.92 Å². The Bertz CT molecular complexity index is 1440. The fourth-order valence-corrected chi connectivity index (χ4v) is 4.24. The molecule has 2 aromatic heterocycles. The summed E-state index contributed by atoms with van der Waals surface area (Å²) in [6.45, 7) is 1.83. The van der Waals surface area contributed by atoms with Gasteiger partial charge in [0.15, 0.2) is 5.82 Å². The molecule has 35 heavy (non-hydrogen) atoms. The number of aromatic nitrogens is 5. The smallest absolute Gasteiger partial charge is 0.243 e. The van der Waals surface area contributed by atoms with Crippen LogP contribution in [0.5, 0.6) is 0 Å². The van der Waals surface area contributed by atoms with Crippen LogP contribution >= 0.6 is 11.6 Å². The van der Waals surface area contributed by atoms with Crippen molar-refractivity contribution in [3.8, 4) is 16.8 Å². The van der Waals surface area contributed by atoms with Gasteiger partial charge in [-0.1, -0.05) is 29.8 Å². The number of rotatable bonds is 5. The number of nitrogens with zero attached hydrogens (tertiary/aromatic N) is 7. The average molecular weight is 490 g/mol. The van der Waals surface area contributed by atoms with Crippen molar-refractivity contribution < 1.29 is 9.90 Å². The number of carbonyl (C=O) groups is 1. The van der Waals surface area contributed by atoms with Gasteiger partial charge < -0.3 is 10.0 Å². The normalized spacial score (nSPS) is 14.7.